The molecule has 274 valence electrons. The van der Waals surface area contributed by atoms with Gasteiger partial charge in [-0.25, -0.2) is 18.9 Å². The van der Waals surface area contributed by atoms with E-state index in [4.69, 9.17) is 9.47 Å². The van der Waals surface area contributed by atoms with E-state index in [2.05, 4.69) is 22.3 Å². The molecule has 1 N–H and O–H groups in total. The lowest BCUT2D eigenvalue weighted by Crippen LogP contribution is -2.46. The predicted octanol–water partition coefficient (Wildman–Crippen LogP) is 7.48. The van der Waals surface area contributed by atoms with Gasteiger partial charge in [0.25, 0.3) is 0 Å². The van der Waals surface area contributed by atoms with Crippen LogP contribution in [0.4, 0.5) is 38.7 Å². The Morgan fingerprint density at radius 2 is 1.78 bits per heavy atom. The van der Waals surface area contributed by atoms with E-state index in [1.807, 2.05) is 11.9 Å². The van der Waals surface area contributed by atoms with Crippen LogP contribution in [0.3, 0.4) is 0 Å². The van der Waals surface area contributed by atoms with Crippen LogP contribution in [-0.4, -0.2) is 96.5 Å². The molecule has 3 aromatic rings. The number of benzene rings is 1. The Morgan fingerprint density at radius 3 is 2.36 bits per heavy atom. The number of carbonyl (C=O) groups is 2. The maximum atomic E-state index is 14.9. The Hall–Kier alpha value is -3.60. The van der Waals surface area contributed by atoms with Crippen LogP contribution in [0, 0.1) is 11.8 Å². The number of piperidine rings is 1. The van der Waals surface area contributed by atoms with Crippen molar-refractivity contribution >= 4 is 57.7 Å². The number of nitrogens with zero attached hydrogens (tertiary/aromatic N) is 4. The summed E-state index contributed by atoms with van der Waals surface area (Å²) in [4.78, 5) is 29.8. The van der Waals surface area contributed by atoms with Crippen LogP contribution in [0.5, 0.6) is 0 Å². The molecule has 1 aromatic carbocycles. The molecule has 0 bridgehead atoms. The van der Waals surface area contributed by atoms with Gasteiger partial charge in [-0.15, -0.1) is 16.0 Å². The standard InChI is InChI=1S/C34H44F4N5O5PS/c1-32(2,3)47-30(44)42(28-18-27(49(8,9)46)40-43(28)31(45)48-33(4,5)6)16-11-14-26-22(19-34(36,37)38)21-12-10-13-25(29(21)50-26)39-24-15-17-41(7)20-23(24)35/h10,12-13,18,23-24,39H,15-17,19-20H2,1-9H3/t23-,24+/m0/s1. The summed E-state index contributed by atoms with van der Waals surface area (Å²) in [6.07, 6.45) is -8.34. The smallest absolute Gasteiger partial charge is 0.437 e. The van der Waals surface area contributed by atoms with E-state index in [9.17, 15) is 31.7 Å². The van der Waals surface area contributed by atoms with Gasteiger partial charge in [-0.05, 0) is 85.4 Å². The van der Waals surface area contributed by atoms with Crippen molar-refractivity contribution in [2.24, 2.45) is 0 Å². The molecule has 0 radical (unpaired) electrons. The second kappa shape index (κ2) is 14.6. The molecular weight excluding hydrogens is 697 g/mol. The van der Waals surface area contributed by atoms with Crippen molar-refractivity contribution in [3.05, 3.63) is 34.7 Å². The zero-order chi connectivity index (χ0) is 37.4. The molecule has 2 atom stereocenters. The number of carbonyl (C=O) groups excluding carboxylic acids is 2. The lowest BCUT2D eigenvalue weighted by Gasteiger charge is -2.33. The number of likely N-dealkylation sites (tertiary alicyclic amines) is 1. The summed E-state index contributed by atoms with van der Waals surface area (Å²) >= 11 is 1.04. The van der Waals surface area contributed by atoms with Gasteiger partial charge in [-0.2, -0.15) is 18.3 Å². The first-order valence-electron chi connectivity index (χ1n) is 16.0. The van der Waals surface area contributed by atoms with E-state index < -0.39 is 61.9 Å². The minimum absolute atomic E-state index is 0.0389. The number of halogens is 4. The highest BCUT2D eigenvalue weighted by atomic mass is 32.1. The molecule has 1 amide bonds. The first-order chi connectivity index (χ1) is 22.9. The molecule has 2 aromatic heterocycles. The van der Waals surface area contributed by atoms with Crippen molar-refractivity contribution in [3.63, 3.8) is 0 Å². The van der Waals surface area contributed by atoms with Gasteiger partial charge in [-0.3, -0.25) is 0 Å². The molecule has 1 aliphatic heterocycles. The van der Waals surface area contributed by atoms with Crippen molar-refractivity contribution in [3.8, 4) is 11.8 Å². The Bertz CT molecular complexity index is 1840. The number of anilines is 2. The monoisotopic (exact) mass is 741 g/mol. The first-order valence-corrected chi connectivity index (χ1v) is 19.4. The Labute approximate surface area is 293 Å². The fourth-order valence-electron chi connectivity index (χ4n) is 5.19. The summed E-state index contributed by atoms with van der Waals surface area (Å²) < 4.78 is 82.0. The zero-order valence-corrected chi connectivity index (χ0v) is 31.4. The van der Waals surface area contributed by atoms with Crippen molar-refractivity contribution in [2.75, 3.05) is 50.2 Å². The molecule has 0 spiro atoms. The molecule has 3 heterocycles. The lowest BCUT2D eigenvalue weighted by molar-refractivity contribution is -0.127. The van der Waals surface area contributed by atoms with E-state index >= 15 is 0 Å². The van der Waals surface area contributed by atoms with Crippen molar-refractivity contribution < 1.29 is 41.2 Å². The number of amides is 1. The Balaban J connectivity index is 1.80. The number of alkyl halides is 4. The van der Waals surface area contributed by atoms with Crippen LogP contribution in [0.2, 0.25) is 0 Å². The topological polar surface area (TPSA) is 106 Å². The van der Waals surface area contributed by atoms with Gasteiger partial charge in [0, 0.05) is 19.2 Å². The molecule has 1 fully saturated rings. The van der Waals surface area contributed by atoms with Crippen LogP contribution in [0.25, 0.3) is 10.1 Å². The maximum absolute atomic E-state index is 14.9. The van der Waals surface area contributed by atoms with E-state index in [1.165, 1.54) is 19.4 Å². The number of hydrogen-bond donors (Lipinski definition) is 1. The third kappa shape index (κ3) is 10.2. The SMILES string of the molecule is CN1CC[C@@H](Nc2cccc3c(CC(F)(F)F)c(C#CCN(C(=O)OC(C)(C)C)c4cc(P(C)(C)=O)nn4C(=O)OC(C)(C)C)sc23)[C@@H](F)C1. The van der Waals surface area contributed by atoms with E-state index in [0.717, 1.165) is 20.9 Å². The highest BCUT2D eigenvalue weighted by molar-refractivity contribution is 7.69. The van der Waals surface area contributed by atoms with Crippen LogP contribution in [0.1, 0.15) is 58.4 Å². The second-order valence-corrected chi connectivity index (χ2v) is 18.9. The van der Waals surface area contributed by atoms with Gasteiger partial charge in [0.05, 0.1) is 34.3 Å². The van der Waals surface area contributed by atoms with Gasteiger partial charge >= 0.3 is 18.4 Å². The molecule has 0 unspecified atom stereocenters. The molecule has 10 nitrogen and oxygen atoms in total. The number of ether oxygens (including phenoxy) is 2. The van der Waals surface area contributed by atoms with Crippen molar-refractivity contribution in [2.45, 2.75) is 84.0 Å². The molecule has 0 aliphatic carbocycles. The van der Waals surface area contributed by atoms with Gasteiger partial charge in [0.15, 0.2) is 0 Å². The van der Waals surface area contributed by atoms with Crippen LogP contribution >= 0.6 is 18.5 Å². The number of hydrogen-bond acceptors (Lipinski definition) is 9. The minimum atomic E-state index is -4.56. The molecule has 50 heavy (non-hydrogen) atoms. The van der Waals surface area contributed by atoms with E-state index in [-0.39, 0.29) is 28.2 Å². The highest BCUT2D eigenvalue weighted by Crippen LogP contribution is 2.40. The summed E-state index contributed by atoms with van der Waals surface area (Å²) in [5, 5.41) is 7.75. The molecule has 0 saturated carbocycles. The fourth-order valence-corrected chi connectivity index (χ4v) is 7.09. The quantitative estimate of drug-likeness (QED) is 0.158. The van der Waals surface area contributed by atoms with Gasteiger partial charge < -0.3 is 24.3 Å². The average Bonchev–Trinajstić information content (AvgIpc) is 3.53. The summed E-state index contributed by atoms with van der Waals surface area (Å²) in [5.74, 6) is 5.48. The van der Waals surface area contributed by atoms with Crippen molar-refractivity contribution in [1.29, 1.82) is 0 Å². The lowest BCUT2D eigenvalue weighted by atomic mass is 10.0. The van der Waals surface area contributed by atoms with Crippen molar-refractivity contribution in [1.82, 2.24) is 14.7 Å². The zero-order valence-electron chi connectivity index (χ0n) is 29.7. The third-order valence-electron chi connectivity index (χ3n) is 7.41. The number of aromatic nitrogens is 2. The number of rotatable bonds is 6. The Kier molecular flexibility index (Phi) is 11.4. The average molecular weight is 742 g/mol. The molecular formula is C34H44F4N5O5PS. The Morgan fingerprint density at radius 1 is 1.12 bits per heavy atom. The molecule has 1 aliphatic rings. The van der Waals surface area contributed by atoms with Crippen LogP contribution in [0.15, 0.2) is 24.3 Å². The summed E-state index contributed by atoms with van der Waals surface area (Å²) in [5.41, 5.74) is -1.42. The summed E-state index contributed by atoms with van der Waals surface area (Å²) in [6.45, 7) is 13.2. The van der Waals surface area contributed by atoms with Gasteiger partial charge in [0.1, 0.15) is 35.8 Å². The largest absolute Gasteiger partial charge is 0.443 e. The number of thiophene rings is 1. The molecule has 4 rings (SSSR count). The van der Waals surface area contributed by atoms with Crippen LogP contribution < -0.4 is 15.7 Å². The molecule has 1 saturated heterocycles. The predicted molar refractivity (Wildman–Crippen MR) is 189 cm³/mol. The number of nitrogens with one attached hydrogen (secondary N) is 1. The summed E-state index contributed by atoms with van der Waals surface area (Å²) in [6, 6.07) is 5.70. The second-order valence-electron chi connectivity index (χ2n) is 14.7. The minimum Gasteiger partial charge on any atom is -0.443 e. The maximum Gasteiger partial charge on any atom is 0.437 e. The molecule has 16 heteroatoms. The number of fused-ring (bicyclic) bond motifs is 1. The summed E-state index contributed by atoms with van der Waals surface area (Å²) in [7, 11) is -1.23. The van der Waals surface area contributed by atoms with E-state index in [1.54, 1.807) is 59.7 Å². The first kappa shape index (κ1) is 39.2. The van der Waals surface area contributed by atoms with Crippen LogP contribution in [-0.2, 0) is 20.5 Å². The third-order valence-corrected chi connectivity index (χ3v) is 9.92. The normalized spacial score (nSPS) is 17.6. The van der Waals surface area contributed by atoms with Gasteiger partial charge in [0.2, 0.25) is 0 Å². The van der Waals surface area contributed by atoms with E-state index in [0.29, 0.717) is 28.7 Å². The van der Waals surface area contributed by atoms with Gasteiger partial charge in [-0.1, -0.05) is 24.0 Å². The fraction of sp³-hybridized carbons (Fsp3) is 0.559. The highest BCUT2D eigenvalue weighted by Gasteiger charge is 2.34.